The Morgan fingerprint density at radius 1 is 1.23 bits per heavy atom. The number of ether oxygens (including phenoxy) is 1. The van der Waals surface area contributed by atoms with Gasteiger partial charge in [-0.25, -0.2) is 9.78 Å². The number of rotatable bonds is 9. The monoisotopic (exact) mass is 505 g/mol. The van der Waals surface area contributed by atoms with Crippen LogP contribution >= 0.6 is 22.7 Å². The Bertz CT molecular complexity index is 1410. The first-order chi connectivity index (χ1) is 16.9. The van der Waals surface area contributed by atoms with Crippen molar-refractivity contribution in [2.24, 2.45) is 5.73 Å². The largest absolute Gasteiger partial charge is 0.464 e. The van der Waals surface area contributed by atoms with Gasteiger partial charge >= 0.3 is 5.97 Å². The Labute approximate surface area is 210 Å². The zero-order chi connectivity index (χ0) is 24.9. The van der Waals surface area contributed by atoms with Crippen LogP contribution < -0.4 is 16.8 Å². The molecule has 0 fully saturated rings. The molecule has 3 aromatic heterocycles. The molecule has 0 aliphatic carbocycles. The van der Waals surface area contributed by atoms with Gasteiger partial charge in [-0.15, -0.1) is 22.7 Å². The molecule has 4 rings (SSSR count). The van der Waals surface area contributed by atoms with Crippen LogP contribution in [0, 0.1) is 11.3 Å². The van der Waals surface area contributed by atoms with Gasteiger partial charge in [0.1, 0.15) is 33.2 Å². The Morgan fingerprint density at radius 2 is 2.00 bits per heavy atom. The van der Waals surface area contributed by atoms with Crippen molar-refractivity contribution in [3.8, 4) is 16.5 Å². The average molecular weight is 506 g/mol. The number of carbonyl (C=O) groups is 2. The van der Waals surface area contributed by atoms with Crippen molar-refractivity contribution < 1.29 is 14.3 Å². The van der Waals surface area contributed by atoms with Gasteiger partial charge in [0.15, 0.2) is 0 Å². The molecule has 0 radical (unpaired) electrons. The summed E-state index contributed by atoms with van der Waals surface area (Å²) in [5.74, 6) is -0.870. The number of aryl methyl sites for hydroxylation is 1. The maximum atomic E-state index is 12.8. The number of nitrogen functional groups attached to an aromatic ring is 1. The lowest BCUT2D eigenvalue weighted by Crippen LogP contribution is -2.32. The lowest BCUT2D eigenvalue weighted by Gasteiger charge is -2.20. The molecule has 10 heteroatoms. The van der Waals surface area contributed by atoms with Crippen LogP contribution in [0.15, 0.2) is 47.8 Å². The molecular weight excluding hydrogens is 482 g/mol. The SMILES string of the molecule is CCOC(=O)C(CCc1ccccc1)Nc1nc2sc(C(N)=O)c(N)c2c(-c2cccs2)c1C#N. The van der Waals surface area contributed by atoms with Crippen LogP contribution in [-0.2, 0) is 16.0 Å². The second kappa shape index (κ2) is 10.5. The molecule has 8 nitrogen and oxygen atoms in total. The van der Waals surface area contributed by atoms with E-state index in [4.69, 9.17) is 16.2 Å². The molecule has 0 aliphatic rings. The third kappa shape index (κ3) is 4.96. The molecule has 1 atom stereocenters. The predicted molar refractivity (Wildman–Crippen MR) is 139 cm³/mol. The lowest BCUT2D eigenvalue weighted by molar-refractivity contribution is -0.144. The average Bonchev–Trinajstić information content (AvgIpc) is 3.50. The first-order valence-corrected chi connectivity index (χ1v) is 12.6. The molecule has 0 bridgehead atoms. The lowest BCUT2D eigenvalue weighted by atomic mass is 10.0. The summed E-state index contributed by atoms with van der Waals surface area (Å²) in [6.45, 7) is 1.97. The van der Waals surface area contributed by atoms with Crippen LogP contribution in [0.25, 0.3) is 20.7 Å². The molecule has 1 unspecified atom stereocenters. The summed E-state index contributed by atoms with van der Waals surface area (Å²) >= 11 is 2.49. The molecule has 5 N–H and O–H groups in total. The number of anilines is 2. The number of hydrogen-bond acceptors (Lipinski definition) is 9. The number of nitriles is 1. The molecule has 0 saturated carbocycles. The minimum atomic E-state index is -0.740. The van der Waals surface area contributed by atoms with Gasteiger partial charge in [0.2, 0.25) is 0 Å². The summed E-state index contributed by atoms with van der Waals surface area (Å²) in [6, 6.07) is 15.0. The van der Waals surface area contributed by atoms with Crippen LogP contribution in [0.4, 0.5) is 11.5 Å². The highest BCUT2D eigenvalue weighted by molar-refractivity contribution is 7.21. The van der Waals surface area contributed by atoms with E-state index in [1.807, 2.05) is 47.8 Å². The standard InChI is InChI=1S/C25H23N5O3S2/c1-2-33-25(32)16(11-10-14-7-4-3-5-8-14)29-23-15(13-26)18(17-9-6-12-34-17)19-20(27)21(22(28)31)35-24(19)30-23/h3-9,12,16H,2,10-11,27H2,1H3,(H2,28,31)(H,29,30). The van der Waals surface area contributed by atoms with E-state index < -0.39 is 17.9 Å². The van der Waals surface area contributed by atoms with E-state index in [1.165, 1.54) is 11.3 Å². The van der Waals surface area contributed by atoms with Crippen LogP contribution in [0.3, 0.4) is 0 Å². The van der Waals surface area contributed by atoms with Crippen molar-refractivity contribution in [1.82, 2.24) is 4.98 Å². The van der Waals surface area contributed by atoms with E-state index in [9.17, 15) is 14.9 Å². The van der Waals surface area contributed by atoms with Crippen molar-refractivity contribution in [2.75, 3.05) is 17.7 Å². The highest BCUT2D eigenvalue weighted by Crippen LogP contribution is 2.44. The fourth-order valence-electron chi connectivity index (χ4n) is 3.83. The Hall–Kier alpha value is -3.94. The van der Waals surface area contributed by atoms with Crippen molar-refractivity contribution in [2.45, 2.75) is 25.8 Å². The number of amides is 1. The highest BCUT2D eigenvalue weighted by atomic mass is 32.1. The maximum absolute atomic E-state index is 12.8. The second-order valence-electron chi connectivity index (χ2n) is 7.66. The first-order valence-electron chi connectivity index (χ1n) is 10.9. The molecule has 0 spiro atoms. The predicted octanol–water partition coefficient (Wildman–Crippen LogP) is 4.55. The Balaban J connectivity index is 1.82. The molecule has 3 heterocycles. The number of hydrogen-bond donors (Lipinski definition) is 3. The van der Waals surface area contributed by atoms with Crippen LogP contribution in [0.5, 0.6) is 0 Å². The van der Waals surface area contributed by atoms with Gasteiger partial charge in [-0.3, -0.25) is 4.79 Å². The van der Waals surface area contributed by atoms with Gasteiger partial charge in [-0.05, 0) is 36.8 Å². The van der Waals surface area contributed by atoms with E-state index in [1.54, 1.807) is 6.92 Å². The summed E-state index contributed by atoms with van der Waals surface area (Å²) in [4.78, 5) is 30.8. The number of esters is 1. The molecule has 4 aromatic rings. The molecule has 1 aromatic carbocycles. The van der Waals surface area contributed by atoms with Crippen LogP contribution in [-0.4, -0.2) is 29.5 Å². The summed E-state index contributed by atoms with van der Waals surface area (Å²) in [5.41, 5.74) is 13.9. The topological polar surface area (TPSA) is 144 Å². The van der Waals surface area contributed by atoms with E-state index in [2.05, 4.69) is 16.4 Å². The minimum absolute atomic E-state index is 0.178. The van der Waals surface area contributed by atoms with Crippen molar-refractivity contribution in [1.29, 1.82) is 5.26 Å². The number of nitrogens with one attached hydrogen (secondary N) is 1. The number of nitrogens with zero attached hydrogens (tertiary/aromatic N) is 2. The van der Waals surface area contributed by atoms with Crippen molar-refractivity contribution in [3.05, 3.63) is 63.8 Å². The van der Waals surface area contributed by atoms with Gasteiger partial charge in [-0.1, -0.05) is 36.4 Å². The number of aromatic nitrogens is 1. The third-order valence-corrected chi connectivity index (χ3v) is 7.43. The molecule has 1 amide bonds. The van der Waals surface area contributed by atoms with E-state index in [0.717, 1.165) is 21.8 Å². The Kier molecular flexibility index (Phi) is 7.29. The number of benzene rings is 1. The normalized spacial score (nSPS) is 11.7. The third-order valence-electron chi connectivity index (χ3n) is 5.43. The molecule has 178 valence electrons. The van der Waals surface area contributed by atoms with E-state index in [-0.39, 0.29) is 28.6 Å². The van der Waals surface area contributed by atoms with Gasteiger partial charge in [0.05, 0.1) is 12.3 Å². The van der Waals surface area contributed by atoms with Gasteiger partial charge in [-0.2, -0.15) is 5.26 Å². The number of primary amides is 1. The summed E-state index contributed by atoms with van der Waals surface area (Å²) in [6.07, 6.45) is 1.05. The number of fused-ring (bicyclic) bond motifs is 1. The summed E-state index contributed by atoms with van der Waals surface area (Å²) in [7, 11) is 0. The fraction of sp³-hybridized carbons (Fsp3) is 0.200. The molecule has 0 saturated heterocycles. The number of nitrogens with two attached hydrogens (primary N) is 2. The molecular formula is C25H23N5O3S2. The fourth-order valence-corrected chi connectivity index (χ4v) is 5.57. The van der Waals surface area contributed by atoms with Crippen LogP contribution in [0.1, 0.15) is 34.1 Å². The zero-order valence-electron chi connectivity index (χ0n) is 18.9. The van der Waals surface area contributed by atoms with Gasteiger partial charge in [0.25, 0.3) is 5.91 Å². The van der Waals surface area contributed by atoms with Gasteiger partial charge < -0.3 is 21.5 Å². The molecule has 0 aliphatic heterocycles. The number of thiophene rings is 2. The number of carbonyl (C=O) groups excluding carboxylic acids is 2. The van der Waals surface area contributed by atoms with Gasteiger partial charge in [0, 0.05) is 15.8 Å². The quantitative estimate of drug-likeness (QED) is 0.283. The zero-order valence-corrected chi connectivity index (χ0v) is 20.5. The summed E-state index contributed by atoms with van der Waals surface area (Å²) in [5, 5.41) is 15.7. The van der Waals surface area contributed by atoms with E-state index >= 15 is 0 Å². The number of pyridine rings is 1. The Morgan fingerprint density at radius 3 is 2.63 bits per heavy atom. The minimum Gasteiger partial charge on any atom is -0.464 e. The van der Waals surface area contributed by atoms with Crippen LogP contribution in [0.2, 0.25) is 0 Å². The van der Waals surface area contributed by atoms with E-state index in [0.29, 0.717) is 28.6 Å². The van der Waals surface area contributed by atoms with Crippen molar-refractivity contribution >= 4 is 56.3 Å². The first kappa shape index (κ1) is 24.2. The summed E-state index contributed by atoms with van der Waals surface area (Å²) < 4.78 is 5.29. The highest BCUT2D eigenvalue weighted by Gasteiger charge is 2.27. The second-order valence-corrected chi connectivity index (χ2v) is 9.61. The van der Waals surface area contributed by atoms with Crippen molar-refractivity contribution in [3.63, 3.8) is 0 Å². The maximum Gasteiger partial charge on any atom is 0.328 e. The smallest absolute Gasteiger partial charge is 0.328 e. The molecule has 35 heavy (non-hydrogen) atoms.